The van der Waals surface area contributed by atoms with Crippen LogP contribution in [0, 0.1) is 0 Å². The van der Waals surface area contributed by atoms with Crippen molar-refractivity contribution >= 4 is 45.6 Å². The first kappa shape index (κ1) is 27.4. The van der Waals surface area contributed by atoms with Crippen LogP contribution in [0.15, 0.2) is 85.1 Å². The normalized spacial score (nSPS) is 12.4. The molecule has 0 aliphatic carbocycles. The molecule has 0 amide bonds. The number of pyridine rings is 1. The van der Waals surface area contributed by atoms with Gasteiger partial charge in [-0.15, -0.1) is 10.2 Å². The number of ether oxygens (including phenoxy) is 1. The summed E-state index contributed by atoms with van der Waals surface area (Å²) in [6, 6.07) is 26.6. The van der Waals surface area contributed by atoms with E-state index in [1.54, 1.807) is 0 Å². The summed E-state index contributed by atoms with van der Waals surface area (Å²) >= 11 is 6.20. The molecule has 0 unspecified atom stereocenters. The first-order valence-corrected chi connectivity index (χ1v) is 14.6. The molecule has 44 heavy (non-hydrogen) atoms. The molecule has 0 spiro atoms. The monoisotopic (exact) mass is 602 g/mol. The lowest BCUT2D eigenvalue weighted by atomic mass is 9.98. The minimum Gasteiger partial charge on any atom is -0.483 e. The summed E-state index contributed by atoms with van der Waals surface area (Å²) in [6.07, 6.45) is 8.71. The summed E-state index contributed by atoms with van der Waals surface area (Å²) < 4.78 is 8.50. The number of nitrogens with zero attached hydrogens (tertiary/aromatic N) is 8. The van der Waals surface area contributed by atoms with E-state index in [9.17, 15) is 0 Å². The van der Waals surface area contributed by atoms with E-state index in [-0.39, 0.29) is 12.6 Å². The van der Waals surface area contributed by atoms with Crippen LogP contribution in [-0.2, 0) is 13.0 Å². The number of aromatic amines is 2. The minimum absolute atomic E-state index is 0.0226. The minimum atomic E-state index is 0.0226. The third kappa shape index (κ3) is 6.04. The SMILES string of the molecule is Clc1ccc2ccc(C=Cc3cccc([C@@H](CCCc4nnn[nH]4)n4ccc5cccc(OCc6nnn[nH]6)c54)c3)nc2c1. The Kier molecular flexibility index (Phi) is 7.75. The molecule has 11 nitrogen and oxygen atoms in total. The first-order valence-electron chi connectivity index (χ1n) is 14.2. The molecule has 0 fully saturated rings. The fourth-order valence-electron chi connectivity index (χ4n) is 5.41. The maximum atomic E-state index is 6.21. The van der Waals surface area contributed by atoms with Crippen LogP contribution in [0.25, 0.3) is 34.0 Å². The molecule has 0 saturated carbocycles. The summed E-state index contributed by atoms with van der Waals surface area (Å²) in [5.74, 6) is 2.08. The van der Waals surface area contributed by atoms with Crippen molar-refractivity contribution in [3.8, 4) is 5.75 Å². The summed E-state index contributed by atoms with van der Waals surface area (Å²) in [7, 11) is 0. The van der Waals surface area contributed by atoms with Crippen LogP contribution in [0.4, 0.5) is 0 Å². The second-order valence-electron chi connectivity index (χ2n) is 10.4. The highest BCUT2D eigenvalue weighted by Crippen LogP contribution is 2.35. The molecule has 7 rings (SSSR count). The molecule has 1 atom stereocenters. The molecule has 218 valence electrons. The molecule has 4 aromatic heterocycles. The Bertz CT molecular complexity index is 2040. The van der Waals surface area contributed by atoms with Gasteiger partial charge >= 0.3 is 0 Å². The highest BCUT2D eigenvalue weighted by molar-refractivity contribution is 6.31. The lowest BCUT2D eigenvalue weighted by Crippen LogP contribution is -2.11. The van der Waals surface area contributed by atoms with E-state index in [0.29, 0.717) is 10.8 Å². The van der Waals surface area contributed by atoms with Gasteiger partial charge in [0.2, 0.25) is 0 Å². The van der Waals surface area contributed by atoms with Gasteiger partial charge in [0.25, 0.3) is 0 Å². The third-order valence-electron chi connectivity index (χ3n) is 7.49. The van der Waals surface area contributed by atoms with Crippen molar-refractivity contribution in [2.24, 2.45) is 0 Å². The predicted molar refractivity (Wildman–Crippen MR) is 168 cm³/mol. The number of tetrazole rings is 2. The van der Waals surface area contributed by atoms with Crippen LogP contribution in [0.3, 0.4) is 0 Å². The number of aryl methyl sites for hydroxylation is 1. The Labute approximate surface area is 256 Å². The summed E-state index contributed by atoms with van der Waals surface area (Å²) in [5.41, 5.74) is 4.99. The number of halogens is 1. The molecule has 0 aliphatic heterocycles. The van der Waals surface area contributed by atoms with Crippen molar-refractivity contribution < 1.29 is 4.74 Å². The second kappa shape index (κ2) is 12.4. The van der Waals surface area contributed by atoms with Crippen molar-refractivity contribution in [3.63, 3.8) is 0 Å². The lowest BCUT2D eigenvalue weighted by Gasteiger charge is -2.22. The summed E-state index contributed by atoms with van der Waals surface area (Å²) in [4.78, 5) is 4.77. The average molecular weight is 603 g/mol. The van der Waals surface area contributed by atoms with Crippen LogP contribution >= 0.6 is 11.6 Å². The number of hydrogen-bond donors (Lipinski definition) is 2. The zero-order valence-corrected chi connectivity index (χ0v) is 24.3. The van der Waals surface area contributed by atoms with Crippen molar-refractivity contribution in [3.05, 3.63) is 119 Å². The van der Waals surface area contributed by atoms with Crippen LogP contribution in [0.5, 0.6) is 5.75 Å². The van der Waals surface area contributed by atoms with Crippen molar-refractivity contribution in [2.45, 2.75) is 31.9 Å². The number of rotatable bonds is 11. The van der Waals surface area contributed by atoms with Gasteiger partial charge < -0.3 is 9.30 Å². The number of H-pyrrole nitrogens is 2. The van der Waals surface area contributed by atoms with E-state index in [1.807, 2.05) is 42.5 Å². The Hall–Kier alpha value is -5.42. The van der Waals surface area contributed by atoms with Gasteiger partial charge in [0.1, 0.15) is 18.2 Å². The lowest BCUT2D eigenvalue weighted by molar-refractivity contribution is 0.297. The standard InChI is InChI=1S/C32H27ClN10O/c33-25-13-11-22-12-15-26(34-27(22)19-25)14-10-21-4-1-6-24(18-21)28(7-3-9-30-35-39-40-36-30)43-17-16-23-5-2-8-29(32(23)43)44-20-31-37-41-42-38-31/h1-2,4-6,8,10-19,28H,3,7,9,20H2,(H,35,36,39,40)(H,37,38,41,42)/t28-/m1/s1. The number of fused-ring (bicyclic) bond motifs is 2. The molecule has 12 heteroatoms. The topological polar surface area (TPSA) is 136 Å². The fourth-order valence-corrected chi connectivity index (χ4v) is 5.58. The number of aromatic nitrogens is 10. The molecule has 3 aromatic carbocycles. The number of hydrogen-bond acceptors (Lipinski definition) is 8. The van der Waals surface area contributed by atoms with Gasteiger partial charge in [-0.05, 0) is 87.3 Å². The Morgan fingerprint density at radius 2 is 1.68 bits per heavy atom. The van der Waals surface area contributed by atoms with E-state index < -0.39 is 0 Å². The van der Waals surface area contributed by atoms with Gasteiger partial charge in [-0.25, -0.2) is 15.2 Å². The first-order chi connectivity index (χ1) is 21.7. The average Bonchev–Trinajstić information content (AvgIpc) is 3.84. The van der Waals surface area contributed by atoms with Crippen molar-refractivity contribution in [1.82, 2.24) is 50.8 Å². The van der Waals surface area contributed by atoms with Crippen molar-refractivity contribution in [1.29, 1.82) is 0 Å². The number of nitrogens with one attached hydrogen (secondary N) is 2. The van der Waals surface area contributed by atoms with Gasteiger partial charge in [-0.2, -0.15) is 0 Å². The van der Waals surface area contributed by atoms with Gasteiger partial charge in [-0.1, -0.05) is 60.1 Å². The molecule has 7 aromatic rings. The molecule has 0 aliphatic rings. The van der Waals surface area contributed by atoms with E-state index >= 15 is 0 Å². The maximum absolute atomic E-state index is 6.21. The van der Waals surface area contributed by atoms with Crippen LogP contribution in [0.2, 0.25) is 5.02 Å². The fraction of sp³-hybridized carbons (Fsp3) is 0.156. The molecular weight excluding hydrogens is 576 g/mol. The van der Waals surface area contributed by atoms with Gasteiger partial charge in [-0.3, -0.25) is 0 Å². The molecule has 2 N–H and O–H groups in total. The molecule has 0 radical (unpaired) electrons. The summed E-state index contributed by atoms with van der Waals surface area (Å²) in [5, 5.41) is 31.2. The van der Waals surface area contributed by atoms with Gasteiger partial charge in [0, 0.05) is 28.4 Å². The maximum Gasteiger partial charge on any atom is 0.186 e. The molecule has 4 heterocycles. The zero-order valence-electron chi connectivity index (χ0n) is 23.5. The van der Waals surface area contributed by atoms with Gasteiger partial charge in [0.05, 0.1) is 22.8 Å². The summed E-state index contributed by atoms with van der Waals surface area (Å²) in [6.45, 7) is 0.232. The highest BCUT2D eigenvalue weighted by atomic mass is 35.5. The van der Waals surface area contributed by atoms with Crippen molar-refractivity contribution in [2.75, 3.05) is 0 Å². The van der Waals surface area contributed by atoms with Gasteiger partial charge in [0.15, 0.2) is 5.82 Å². The third-order valence-corrected chi connectivity index (χ3v) is 7.73. The molecule has 0 saturated heterocycles. The Balaban J connectivity index is 1.21. The Morgan fingerprint density at radius 3 is 2.55 bits per heavy atom. The van der Waals surface area contributed by atoms with E-state index in [0.717, 1.165) is 63.9 Å². The number of para-hydroxylation sites is 1. The zero-order chi connectivity index (χ0) is 29.7. The predicted octanol–water partition coefficient (Wildman–Crippen LogP) is 6.23. The molecular formula is C32H27ClN10O. The van der Waals surface area contributed by atoms with E-state index in [1.165, 1.54) is 5.56 Å². The smallest absolute Gasteiger partial charge is 0.186 e. The molecule has 0 bridgehead atoms. The number of benzene rings is 3. The second-order valence-corrected chi connectivity index (χ2v) is 10.8. The highest BCUT2D eigenvalue weighted by Gasteiger charge is 2.19. The van der Waals surface area contributed by atoms with Crippen LogP contribution in [0.1, 0.15) is 47.4 Å². The van der Waals surface area contributed by atoms with Crippen LogP contribution in [-0.4, -0.2) is 50.8 Å². The quantitative estimate of drug-likeness (QED) is 0.178. The Morgan fingerprint density at radius 1 is 0.841 bits per heavy atom. The largest absolute Gasteiger partial charge is 0.483 e. The van der Waals surface area contributed by atoms with E-state index in [4.69, 9.17) is 21.3 Å². The van der Waals surface area contributed by atoms with Crippen LogP contribution < -0.4 is 4.74 Å². The van der Waals surface area contributed by atoms with E-state index in [2.05, 4.69) is 101 Å².